The quantitative estimate of drug-likeness (QED) is 0.909. The highest BCUT2D eigenvalue weighted by Gasteiger charge is 2.40. The SMILES string of the molecule is Cc1coc(Sc2ccc(C(=O)N[C@@H]3C4CCN(CC4)[C@H]3C)cc2)n1. The van der Waals surface area contributed by atoms with Gasteiger partial charge in [0.1, 0.15) is 6.26 Å². The maximum atomic E-state index is 12.6. The Hall–Kier alpha value is -1.79. The van der Waals surface area contributed by atoms with Crippen LogP contribution >= 0.6 is 11.8 Å². The fourth-order valence-electron chi connectivity index (χ4n) is 3.93. The van der Waals surface area contributed by atoms with Crippen LogP contribution in [-0.4, -0.2) is 41.0 Å². The summed E-state index contributed by atoms with van der Waals surface area (Å²) in [5, 5.41) is 3.89. The molecule has 0 spiro atoms. The molecular formula is C19H23N3O2S. The Morgan fingerprint density at radius 1 is 1.28 bits per heavy atom. The van der Waals surface area contributed by atoms with Gasteiger partial charge in [-0.2, -0.15) is 0 Å². The molecule has 1 amide bonds. The lowest BCUT2D eigenvalue weighted by Crippen LogP contribution is -2.62. The standard InChI is InChI=1S/C19H23N3O2S/c1-12-11-24-19(20-12)25-16-5-3-15(4-6-16)18(23)21-17-13(2)22-9-7-14(17)8-10-22/h3-6,11,13-14,17H,7-10H2,1-2H3,(H,21,23)/t13-,17-/m0/s1. The van der Waals surface area contributed by atoms with Crippen LogP contribution < -0.4 is 5.32 Å². The number of hydrogen-bond donors (Lipinski definition) is 1. The fourth-order valence-corrected chi connectivity index (χ4v) is 4.69. The number of aryl methyl sites for hydroxylation is 1. The number of amides is 1. The topological polar surface area (TPSA) is 58.4 Å². The van der Waals surface area contributed by atoms with Crippen LogP contribution in [-0.2, 0) is 0 Å². The summed E-state index contributed by atoms with van der Waals surface area (Å²) in [6.45, 7) is 6.47. The molecule has 25 heavy (non-hydrogen) atoms. The molecule has 3 saturated heterocycles. The van der Waals surface area contributed by atoms with E-state index in [1.807, 2.05) is 31.2 Å². The Morgan fingerprint density at radius 2 is 2.00 bits per heavy atom. The molecule has 3 aliphatic rings. The van der Waals surface area contributed by atoms with E-state index in [0.717, 1.165) is 10.6 Å². The minimum atomic E-state index is 0.0223. The number of carbonyl (C=O) groups is 1. The van der Waals surface area contributed by atoms with E-state index in [-0.39, 0.29) is 11.9 Å². The normalized spacial score (nSPS) is 28.1. The smallest absolute Gasteiger partial charge is 0.260 e. The second-order valence-corrected chi connectivity index (χ2v) is 8.02. The summed E-state index contributed by atoms with van der Waals surface area (Å²) in [7, 11) is 0. The van der Waals surface area contributed by atoms with E-state index < -0.39 is 0 Å². The van der Waals surface area contributed by atoms with Gasteiger partial charge in [0, 0.05) is 22.5 Å². The molecule has 0 saturated carbocycles. The van der Waals surface area contributed by atoms with Gasteiger partial charge in [-0.1, -0.05) is 0 Å². The minimum absolute atomic E-state index is 0.0223. The van der Waals surface area contributed by atoms with Gasteiger partial charge in [0.25, 0.3) is 11.1 Å². The highest BCUT2D eigenvalue weighted by atomic mass is 32.2. The van der Waals surface area contributed by atoms with Gasteiger partial charge in [-0.3, -0.25) is 9.69 Å². The number of aromatic nitrogens is 1. The Bertz CT molecular complexity index is 748. The monoisotopic (exact) mass is 357 g/mol. The number of nitrogens with zero attached hydrogens (tertiary/aromatic N) is 2. The van der Waals surface area contributed by atoms with Crippen molar-refractivity contribution in [1.29, 1.82) is 0 Å². The lowest BCUT2D eigenvalue weighted by molar-refractivity contribution is 0.0217. The molecule has 4 heterocycles. The van der Waals surface area contributed by atoms with Crippen LogP contribution in [0.1, 0.15) is 35.8 Å². The van der Waals surface area contributed by atoms with Crippen molar-refractivity contribution in [1.82, 2.24) is 15.2 Å². The van der Waals surface area contributed by atoms with E-state index in [2.05, 4.69) is 22.1 Å². The van der Waals surface area contributed by atoms with Crippen molar-refractivity contribution in [2.45, 2.75) is 48.9 Å². The van der Waals surface area contributed by atoms with Crippen LogP contribution in [0.5, 0.6) is 0 Å². The number of piperidine rings is 3. The fraction of sp³-hybridized carbons (Fsp3) is 0.474. The Balaban J connectivity index is 1.40. The van der Waals surface area contributed by atoms with E-state index in [0.29, 0.717) is 22.7 Å². The molecule has 5 nitrogen and oxygen atoms in total. The van der Waals surface area contributed by atoms with Crippen LogP contribution in [0.2, 0.25) is 0 Å². The molecule has 132 valence electrons. The number of fused-ring (bicyclic) bond motifs is 3. The van der Waals surface area contributed by atoms with E-state index in [9.17, 15) is 4.79 Å². The third-order valence-electron chi connectivity index (χ3n) is 5.40. The van der Waals surface area contributed by atoms with Crippen molar-refractivity contribution in [2.75, 3.05) is 13.1 Å². The number of oxazole rings is 1. The Morgan fingerprint density at radius 3 is 2.60 bits per heavy atom. The molecule has 0 radical (unpaired) electrons. The van der Waals surface area contributed by atoms with Crippen LogP contribution in [0, 0.1) is 12.8 Å². The van der Waals surface area contributed by atoms with Crippen LogP contribution in [0.3, 0.4) is 0 Å². The average molecular weight is 357 g/mol. The molecule has 2 bridgehead atoms. The zero-order chi connectivity index (χ0) is 17.4. The number of hydrogen-bond acceptors (Lipinski definition) is 5. The molecule has 1 N–H and O–H groups in total. The van der Waals surface area contributed by atoms with Gasteiger partial charge >= 0.3 is 0 Å². The van der Waals surface area contributed by atoms with Crippen LogP contribution in [0.25, 0.3) is 0 Å². The Labute approximate surface area is 152 Å². The summed E-state index contributed by atoms with van der Waals surface area (Å²) in [6.07, 6.45) is 4.03. The molecule has 2 atom stereocenters. The van der Waals surface area contributed by atoms with E-state index in [1.54, 1.807) is 6.26 Å². The molecule has 3 fully saturated rings. The van der Waals surface area contributed by atoms with Gasteiger partial charge in [0.05, 0.1) is 5.69 Å². The first-order valence-corrected chi connectivity index (χ1v) is 9.67. The summed E-state index contributed by atoms with van der Waals surface area (Å²) in [6, 6.07) is 8.33. The van der Waals surface area contributed by atoms with E-state index in [1.165, 1.54) is 37.7 Å². The highest BCUT2D eigenvalue weighted by Crippen LogP contribution is 2.32. The van der Waals surface area contributed by atoms with Crippen molar-refractivity contribution >= 4 is 17.7 Å². The number of benzene rings is 1. The zero-order valence-corrected chi connectivity index (χ0v) is 15.4. The van der Waals surface area contributed by atoms with Crippen molar-refractivity contribution in [2.24, 2.45) is 5.92 Å². The van der Waals surface area contributed by atoms with E-state index >= 15 is 0 Å². The summed E-state index contributed by atoms with van der Waals surface area (Å²) in [5.74, 6) is 0.640. The molecule has 5 rings (SSSR count). The predicted octanol–water partition coefficient (Wildman–Crippen LogP) is 3.35. The van der Waals surface area contributed by atoms with Gasteiger partial charge < -0.3 is 9.73 Å². The molecule has 0 unspecified atom stereocenters. The summed E-state index contributed by atoms with van der Waals surface area (Å²) in [5.41, 5.74) is 1.57. The first-order chi connectivity index (χ1) is 12.1. The predicted molar refractivity (Wildman–Crippen MR) is 96.8 cm³/mol. The summed E-state index contributed by atoms with van der Waals surface area (Å²) < 4.78 is 5.35. The molecule has 3 aliphatic heterocycles. The maximum absolute atomic E-state index is 12.6. The molecule has 2 aromatic rings. The second-order valence-electron chi connectivity index (χ2n) is 6.99. The Kier molecular flexibility index (Phi) is 4.56. The molecule has 0 aliphatic carbocycles. The lowest BCUT2D eigenvalue weighted by Gasteiger charge is -2.49. The number of rotatable bonds is 4. The number of nitrogens with one attached hydrogen (secondary N) is 1. The van der Waals surface area contributed by atoms with Crippen LogP contribution in [0.4, 0.5) is 0 Å². The summed E-state index contributed by atoms with van der Waals surface area (Å²) in [4.78, 5) is 20.4. The lowest BCUT2D eigenvalue weighted by atomic mass is 9.79. The third-order valence-corrected chi connectivity index (χ3v) is 6.27. The van der Waals surface area contributed by atoms with Gasteiger partial charge in [-0.25, -0.2) is 4.98 Å². The van der Waals surface area contributed by atoms with Gasteiger partial charge in [-0.05, 0) is 81.7 Å². The van der Waals surface area contributed by atoms with E-state index in [4.69, 9.17) is 4.42 Å². The molecule has 1 aromatic heterocycles. The van der Waals surface area contributed by atoms with Crippen molar-refractivity contribution < 1.29 is 9.21 Å². The largest absolute Gasteiger partial charge is 0.439 e. The second kappa shape index (κ2) is 6.84. The highest BCUT2D eigenvalue weighted by molar-refractivity contribution is 7.99. The van der Waals surface area contributed by atoms with Crippen LogP contribution in [0.15, 0.2) is 45.1 Å². The van der Waals surface area contributed by atoms with Gasteiger partial charge in [0.2, 0.25) is 0 Å². The van der Waals surface area contributed by atoms with Crippen molar-refractivity contribution in [3.05, 3.63) is 41.8 Å². The summed E-state index contributed by atoms with van der Waals surface area (Å²) >= 11 is 1.46. The molecular weight excluding hydrogens is 334 g/mol. The van der Waals surface area contributed by atoms with Gasteiger partial charge in [-0.15, -0.1) is 0 Å². The van der Waals surface area contributed by atoms with Gasteiger partial charge in [0.15, 0.2) is 0 Å². The molecule has 1 aromatic carbocycles. The maximum Gasteiger partial charge on any atom is 0.260 e. The van der Waals surface area contributed by atoms with Crippen molar-refractivity contribution in [3.63, 3.8) is 0 Å². The molecule has 6 heteroatoms. The first-order valence-electron chi connectivity index (χ1n) is 8.85. The minimum Gasteiger partial charge on any atom is -0.439 e. The number of carbonyl (C=O) groups excluding carboxylic acids is 1. The van der Waals surface area contributed by atoms with Crippen molar-refractivity contribution in [3.8, 4) is 0 Å². The third kappa shape index (κ3) is 3.46. The zero-order valence-electron chi connectivity index (χ0n) is 14.6. The first kappa shape index (κ1) is 16.7. The average Bonchev–Trinajstić information content (AvgIpc) is 3.04.